The Labute approximate surface area is 188 Å². The first kappa shape index (κ1) is 24.8. The summed E-state index contributed by atoms with van der Waals surface area (Å²) in [4.78, 5) is 0. The van der Waals surface area contributed by atoms with Crippen LogP contribution in [0.5, 0.6) is 11.5 Å². The van der Waals surface area contributed by atoms with Crippen LogP contribution in [0.2, 0.25) is 5.02 Å². The molecule has 30 heavy (non-hydrogen) atoms. The molecule has 2 atom stereocenters. The molecule has 0 aliphatic rings. The Morgan fingerprint density at radius 2 is 1.47 bits per heavy atom. The normalized spacial score (nSPS) is 13.7. The van der Waals surface area contributed by atoms with Gasteiger partial charge in [0.05, 0.1) is 17.5 Å². The van der Waals surface area contributed by atoms with Crippen molar-refractivity contribution in [1.29, 1.82) is 0 Å². The number of aliphatic hydroxyl groups excluding tert-OH is 2. The van der Waals surface area contributed by atoms with E-state index >= 15 is 0 Å². The highest BCUT2D eigenvalue weighted by Gasteiger charge is 2.25. The number of benzene rings is 2. The number of aryl methyl sites for hydroxylation is 1. The third kappa shape index (κ3) is 6.50. The van der Waals surface area contributed by atoms with Crippen molar-refractivity contribution in [3.63, 3.8) is 0 Å². The molecule has 0 unspecified atom stereocenters. The Morgan fingerprint density at radius 1 is 0.900 bits per heavy atom. The summed E-state index contributed by atoms with van der Waals surface area (Å²) in [6.45, 7) is 6.71. The zero-order valence-corrected chi connectivity index (χ0v) is 19.3. The highest BCUT2D eigenvalue weighted by atomic mass is 35.5. The molecule has 0 amide bonds. The Balaban J connectivity index is 2.16. The molecule has 0 aromatic heterocycles. The number of rotatable bonds is 11. The molecule has 166 valence electrons. The van der Waals surface area contributed by atoms with Gasteiger partial charge in [0, 0.05) is 12.5 Å². The molecule has 2 aromatic rings. The summed E-state index contributed by atoms with van der Waals surface area (Å²) in [5.74, 6) is 1.34. The molecular formula is C23H30Cl2O5. The molecule has 0 heterocycles. The number of ether oxygens (including phenoxy) is 3. The van der Waals surface area contributed by atoms with Gasteiger partial charge in [0.2, 0.25) is 0 Å². The van der Waals surface area contributed by atoms with E-state index in [-0.39, 0.29) is 31.1 Å². The van der Waals surface area contributed by atoms with Crippen LogP contribution < -0.4 is 9.47 Å². The number of hydrogen-bond acceptors (Lipinski definition) is 5. The van der Waals surface area contributed by atoms with Gasteiger partial charge in [0.15, 0.2) is 0 Å². The minimum absolute atomic E-state index is 0.0890. The quantitative estimate of drug-likeness (QED) is 0.492. The molecule has 0 bridgehead atoms. The topological polar surface area (TPSA) is 68.2 Å². The molecule has 2 aromatic carbocycles. The van der Waals surface area contributed by atoms with Gasteiger partial charge in [-0.1, -0.05) is 43.6 Å². The summed E-state index contributed by atoms with van der Waals surface area (Å²) in [5.41, 5.74) is 2.80. The summed E-state index contributed by atoms with van der Waals surface area (Å²) >= 11 is 12.0. The van der Waals surface area contributed by atoms with Gasteiger partial charge in [-0.25, -0.2) is 0 Å². The van der Waals surface area contributed by atoms with E-state index in [9.17, 15) is 10.2 Å². The van der Waals surface area contributed by atoms with Crippen molar-refractivity contribution in [3.8, 4) is 11.5 Å². The summed E-state index contributed by atoms with van der Waals surface area (Å²) in [6, 6.07) is 11.7. The molecule has 0 radical (unpaired) electrons. The second-order valence-electron chi connectivity index (χ2n) is 7.79. The van der Waals surface area contributed by atoms with Crippen LogP contribution in [0.15, 0.2) is 36.4 Å². The molecule has 0 aliphatic carbocycles. The second-order valence-corrected chi connectivity index (χ2v) is 8.51. The average Bonchev–Trinajstić information content (AvgIpc) is 2.71. The first-order valence-electron chi connectivity index (χ1n) is 9.76. The summed E-state index contributed by atoms with van der Waals surface area (Å²) in [6.07, 6.45) is -1.41. The lowest BCUT2D eigenvalue weighted by atomic mass is 9.77. The zero-order chi connectivity index (χ0) is 22.3. The van der Waals surface area contributed by atoms with Crippen LogP contribution >= 0.6 is 23.2 Å². The number of halogens is 2. The predicted octanol–water partition coefficient (Wildman–Crippen LogP) is 4.34. The van der Waals surface area contributed by atoms with Crippen LogP contribution in [0.25, 0.3) is 0 Å². The number of methoxy groups -OCH3 is 1. The monoisotopic (exact) mass is 456 g/mol. The third-order valence-corrected chi connectivity index (χ3v) is 5.60. The van der Waals surface area contributed by atoms with Gasteiger partial charge >= 0.3 is 0 Å². The van der Waals surface area contributed by atoms with Crippen LogP contribution in [0.1, 0.15) is 30.5 Å². The largest absolute Gasteiger partial charge is 0.491 e. The number of hydrogen-bond donors (Lipinski definition) is 2. The summed E-state index contributed by atoms with van der Waals surface area (Å²) in [7, 11) is 1.54. The molecule has 0 aliphatic heterocycles. The maximum Gasteiger partial charge on any atom is 0.138 e. The van der Waals surface area contributed by atoms with Gasteiger partial charge in [0.1, 0.15) is 36.9 Å². The SMILES string of the molecule is COC[C@H](O)COc1ccc(C(C)(C)c2ccc(OC[C@@H](O)CCl)c(Cl)c2)cc1C. The lowest BCUT2D eigenvalue weighted by molar-refractivity contribution is 0.0324. The minimum Gasteiger partial charge on any atom is -0.491 e. The van der Waals surface area contributed by atoms with Crippen molar-refractivity contribution >= 4 is 23.2 Å². The van der Waals surface area contributed by atoms with Crippen molar-refractivity contribution in [3.05, 3.63) is 58.1 Å². The fourth-order valence-electron chi connectivity index (χ4n) is 3.03. The molecule has 0 fully saturated rings. The lowest BCUT2D eigenvalue weighted by Gasteiger charge is -2.27. The molecule has 5 nitrogen and oxygen atoms in total. The van der Waals surface area contributed by atoms with Crippen molar-refractivity contribution < 1.29 is 24.4 Å². The Bertz CT molecular complexity index is 825. The van der Waals surface area contributed by atoms with Gasteiger partial charge in [-0.3, -0.25) is 0 Å². The van der Waals surface area contributed by atoms with Crippen LogP contribution in [-0.2, 0) is 10.2 Å². The molecule has 7 heteroatoms. The van der Waals surface area contributed by atoms with Gasteiger partial charge in [-0.05, 0) is 41.8 Å². The van der Waals surface area contributed by atoms with Crippen LogP contribution in [0, 0.1) is 6.92 Å². The maximum atomic E-state index is 9.77. The minimum atomic E-state index is -0.738. The Kier molecular flexibility index (Phi) is 9.26. The molecule has 0 saturated heterocycles. The Hall–Kier alpha value is -1.50. The van der Waals surface area contributed by atoms with E-state index in [0.717, 1.165) is 22.4 Å². The average molecular weight is 457 g/mol. The second kappa shape index (κ2) is 11.2. The molecule has 2 rings (SSSR count). The summed E-state index contributed by atoms with van der Waals surface area (Å²) in [5, 5.41) is 19.8. The predicted molar refractivity (Wildman–Crippen MR) is 120 cm³/mol. The van der Waals surface area contributed by atoms with Crippen LogP contribution in [0.4, 0.5) is 0 Å². The van der Waals surface area contributed by atoms with E-state index in [1.807, 2.05) is 37.3 Å². The number of alkyl halides is 1. The molecular weight excluding hydrogens is 427 g/mol. The summed E-state index contributed by atoms with van der Waals surface area (Å²) < 4.78 is 16.2. The van der Waals surface area contributed by atoms with Gasteiger partial charge in [-0.2, -0.15) is 0 Å². The standard InChI is InChI=1S/C23H30Cl2O5/c1-15-9-16(5-7-21(15)29-14-19(27)12-28-4)23(2,3)17-6-8-22(20(25)10-17)30-13-18(26)11-24/h5-10,18-19,26-27H,11-14H2,1-4H3/t18-,19-/m0/s1. The van der Waals surface area contributed by atoms with Crippen molar-refractivity contribution in [2.24, 2.45) is 0 Å². The highest BCUT2D eigenvalue weighted by Crippen LogP contribution is 2.37. The molecule has 0 spiro atoms. The fraction of sp³-hybridized carbons (Fsp3) is 0.478. The van der Waals surface area contributed by atoms with Gasteiger partial charge < -0.3 is 24.4 Å². The molecule has 2 N–H and O–H groups in total. The number of aliphatic hydroxyl groups is 2. The Morgan fingerprint density at radius 3 is 2.03 bits per heavy atom. The van der Waals surface area contributed by atoms with E-state index in [1.54, 1.807) is 7.11 Å². The smallest absolute Gasteiger partial charge is 0.138 e. The first-order valence-corrected chi connectivity index (χ1v) is 10.7. The van der Waals surface area contributed by atoms with Crippen molar-refractivity contribution in [2.75, 3.05) is 32.8 Å². The van der Waals surface area contributed by atoms with E-state index in [2.05, 4.69) is 19.9 Å². The van der Waals surface area contributed by atoms with E-state index in [0.29, 0.717) is 10.8 Å². The van der Waals surface area contributed by atoms with Crippen molar-refractivity contribution in [2.45, 2.75) is 38.4 Å². The van der Waals surface area contributed by atoms with Crippen molar-refractivity contribution in [1.82, 2.24) is 0 Å². The lowest BCUT2D eigenvalue weighted by Crippen LogP contribution is -2.23. The fourth-order valence-corrected chi connectivity index (χ4v) is 3.35. The maximum absolute atomic E-state index is 9.77. The van der Waals surface area contributed by atoms with Crippen LogP contribution in [0.3, 0.4) is 0 Å². The van der Waals surface area contributed by atoms with Crippen LogP contribution in [-0.4, -0.2) is 55.2 Å². The third-order valence-electron chi connectivity index (χ3n) is 4.95. The van der Waals surface area contributed by atoms with E-state index < -0.39 is 12.2 Å². The highest BCUT2D eigenvalue weighted by molar-refractivity contribution is 6.32. The molecule has 0 saturated carbocycles. The van der Waals surface area contributed by atoms with Gasteiger partial charge in [-0.15, -0.1) is 11.6 Å². The first-order chi connectivity index (χ1) is 14.2. The van der Waals surface area contributed by atoms with Gasteiger partial charge in [0.25, 0.3) is 0 Å². The van der Waals surface area contributed by atoms with E-state index in [1.165, 1.54) is 0 Å². The zero-order valence-electron chi connectivity index (χ0n) is 17.8. The van der Waals surface area contributed by atoms with E-state index in [4.69, 9.17) is 37.4 Å².